The lowest BCUT2D eigenvalue weighted by Gasteiger charge is -2.00. The Kier molecular flexibility index (Phi) is 6.81. The van der Waals surface area contributed by atoms with Gasteiger partial charge in [-0.1, -0.05) is 17.2 Å². The fourth-order valence-electron chi connectivity index (χ4n) is 0.992. The molecule has 2 nitrogen and oxygen atoms in total. The molecule has 0 unspecified atom stereocenters. The van der Waals surface area contributed by atoms with Crippen LogP contribution in [-0.4, -0.2) is 12.6 Å². The van der Waals surface area contributed by atoms with Gasteiger partial charge >= 0.3 is 5.97 Å². The van der Waals surface area contributed by atoms with Crippen molar-refractivity contribution in [3.05, 3.63) is 23.3 Å². The molecular formula is C12H24O2. The van der Waals surface area contributed by atoms with E-state index in [0.717, 1.165) is 12.8 Å². The van der Waals surface area contributed by atoms with Gasteiger partial charge in [0, 0.05) is 9.78 Å². The summed E-state index contributed by atoms with van der Waals surface area (Å²) in [4.78, 5) is 10.5. The van der Waals surface area contributed by atoms with Gasteiger partial charge in [-0.05, 0) is 39.7 Å². The van der Waals surface area contributed by atoms with E-state index < -0.39 is 0 Å². The van der Waals surface area contributed by atoms with E-state index in [9.17, 15) is 4.79 Å². The van der Waals surface area contributed by atoms with Crippen LogP contribution in [0.2, 0.25) is 0 Å². The van der Waals surface area contributed by atoms with Crippen molar-refractivity contribution < 1.29 is 12.4 Å². The molecule has 0 saturated heterocycles. The summed E-state index contributed by atoms with van der Waals surface area (Å²) in [6.07, 6.45) is 6.26. The van der Waals surface area contributed by atoms with Crippen LogP contribution >= 0.6 is 0 Å². The summed E-state index contributed by atoms with van der Waals surface area (Å²) in [5.41, 5.74) is 2.61. The molecule has 0 radical (unpaired) electrons. The van der Waals surface area contributed by atoms with Crippen LogP contribution in [0.15, 0.2) is 23.3 Å². The number of rotatable bonds is 5. The molecule has 0 spiro atoms. The topological polar surface area (TPSA) is 26.3 Å². The number of hydrogen-bond acceptors (Lipinski definition) is 2. The quantitative estimate of drug-likeness (QED) is 0.499. The molecule has 0 aromatic heterocycles. The van der Waals surface area contributed by atoms with Gasteiger partial charge < -0.3 is 4.74 Å². The molecule has 0 amide bonds. The van der Waals surface area contributed by atoms with E-state index in [-0.39, 0.29) is 8.82 Å². The third-order valence-corrected chi connectivity index (χ3v) is 1.81. The average molecular weight is 200 g/mol. The van der Waals surface area contributed by atoms with E-state index in [1.165, 1.54) is 18.1 Å². The van der Waals surface area contributed by atoms with Crippen LogP contribution in [0.3, 0.4) is 0 Å². The predicted octanol–water partition coefficient (Wildman–Crippen LogP) is 3.73. The van der Waals surface area contributed by atoms with E-state index in [1.54, 1.807) is 0 Å². The Hall–Kier alpha value is -1.05. The van der Waals surface area contributed by atoms with Crippen LogP contribution in [0.25, 0.3) is 0 Å². The van der Waals surface area contributed by atoms with Crippen molar-refractivity contribution >= 4 is 5.97 Å². The Morgan fingerprint density at radius 2 is 1.86 bits per heavy atom. The van der Waals surface area contributed by atoms with Gasteiger partial charge in [0.15, 0.2) is 0 Å². The van der Waals surface area contributed by atoms with Gasteiger partial charge in [0.2, 0.25) is 0 Å². The number of esters is 1. The molecule has 0 aromatic rings. The molecule has 2 heteroatoms. The highest BCUT2D eigenvalue weighted by atomic mass is 16.5. The van der Waals surface area contributed by atoms with Crippen molar-refractivity contribution in [1.29, 1.82) is 0 Å². The van der Waals surface area contributed by atoms with E-state index in [0.29, 0.717) is 6.61 Å². The lowest BCUT2D eigenvalue weighted by Crippen LogP contribution is -1.98. The van der Waals surface area contributed by atoms with E-state index >= 15 is 0 Å². The Labute approximate surface area is 89.6 Å². The molecule has 0 fully saturated rings. The molecule has 0 aliphatic carbocycles. The Morgan fingerprint density at radius 1 is 1.21 bits per heavy atom. The third kappa shape index (κ3) is 9.04. The smallest absolute Gasteiger partial charge is 0.302 e. The predicted molar refractivity (Wildman–Crippen MR) is 63.3 cm³/mol. The zero-order valence-corrected chi connectivity index (χ0v) is 9.59. The van der Waals surface area contributed by atoms with Crippen LogP contribution in [-0.2, 0) is 9.53 Å². The Morgan fingerprint density at radius 3 is 2.36 bits per heavy atom. The van der Waals surface area contributed by atoms with Crippen LogP contribution in [0.5, 0.6) is 0 Å². The molecule has 0 atom stereocenters. The van der Waals surface area contributed by atoms with E-state index in [1.807, 2.05) is 6.08 Å². The minimum Gasteiger partial charge on any atom is -0.462 e. The fourth-order valence-corrected chi connectivity index (χ4v) is 0.992. The second kappa shape index (κ2) is 7.36. The lowest BCUT2D eigenvalue weighted by atomic mass is 10.1. The van der Waals surface area contributed by atoms with Gasteiger partial charge in [-0.15, -0.1) is 0 Å². The number of carbonyl (C=O) groups is 1. The van der Waals surface area contributed by atoms with Crippen LogP contribution in [0.4, 0.5) is 0 Å². The summed E-state index contributed by atoms with van der Waals surface area (Å²) < 4.78 is 4.81. The normalized spacial score (nSPS) is 11.0. The molecule has 0 heterocycles. The van der Waals surface area contributed by atoms with Crippen LogP contribution in [0, 0.1) is 0 Å². The van der Waals surface area contributed by atoms with E-state index in [2.05, 4.69) is 26.8 Å². The Bertz CT molecular complexity index is 241. The first kappa shape index (κ1) is 12.9. The van der Waals surface area contributed by atoms with Crippen LogP contribution in [0.1, 0.15) is 43.4 Å². The molecule has 0 aliphatic heterocycles. The summed E-state index contributed by atoms with van der Waals surface area (Å²) in [6, 6.07) is 0. The maximum Gasteiger partial charge on any atom is 0.302 e. The van der Waals surface area contributed by atoms with Gasteiger partial charge in [0.1, 0.15) is 6.61 Å². The summed E-state index contributed by atoms with van der Waals surface area (Å²) >= 11 is 0. The third-order valence-electron chi connectivity index (χ3n) is 1.81. The van der Waals surface area contributed by atoms with Crippen molar-refractivity contribution in [2.75, 3.05) is 6.61 Å². The second-order valence-electron chi connectivity index (χ2n) is 3.67. The Balaban J connectivity index is -0.000000845. The number of ether oxygens (including phenoxy) is 1. The average Bonchev–Trinajstić information content (AvgIpc) is 2.02. The zero-order chi connectivity index (χ0) is 11.0. The fraction of sp³-hybridized carbons (Fsp3) is 0.583. The molecule has 0 aromatic carbocycles. The highest BCUT2D eigenvalue weighted by Crippen LogP contribution is 2.06. The maximum atomic E-state index is 10.5. The number of carbonyl (C=O) groups excluding carboxylic acids is 1. The van der Waals surface area contributed by atoms with Gasteiger partial charge in [-0.25, -0.2) is 0 Å². The SMILES string of the molecule is CC(=O)OC/C=C(\C)CCC=C(C)C.[HH].[HH]. The summed E-state index contributed by atoms with van der Waals surface area (Å²) in [7, 11) is 0. The molecule has 0 bridgehead atoms. The molecule has 0 rings (SSSR count). The molecule has 84 valence electrons. The molecule has 0 saturated carbocycles. The van der Waals surface area contributed by atoms with Crippen molar-refractivity contribution in [2.24, 2.45) is 0 Å². The maximum absolute atomic E-state index is 10.5. The standard InChI is InChI=1S/C12H20O2.2H2/c1-10(2)6-5-7-11(3)8-9-14-12(4)13;;/h6,8H,5,7,9H2,1-4H3;2*1H/b11-8+;;. The molecule has 0 aliphatic rings. The van der Waals surface area contributed by atoms with Gasteiger partial charge in [0.25, 0.3) is 0 Å². The summed E-state index contributed by atoms with van der Waals surface area (Å²) in [6.45, 7) is 8.07. The van der Waals surface area contributed by atoms with Crippen molar-refractivity contribution in [3.63, 3.8) is 0 Å². The second-order valence-corrected chi connectivity index (χ2v) is 3.67. The molecule has 14 heavy (non-hydrogen) atoms. The number of hydrogen-bond donors (Lipinski definition) is 0. The lowest BCUT2D eigenvalue weighted by molar-refractivity contribution is -0.139. The first-order valence-corrected chi connectivity index (χ1v) is 4.94. The highest BCUT2D eigenvalue weighted by Gasteiger charge is 1.91. The van der Waals surface area contributed by atoms with Crippen molar-refractivity contribution in [1.82, 2.24) is 0 Å². The molecule has 0 N–H and O–H groups in total. The van der Waals surface area contributed by atoms with Crippen molar-refractivity contribution in [3.8, 4) is 0 Å². The minimum absolute atomic E-state index is 0. The monoisotopic (exact) mass is 200 g/mol. The zero-order valence-electron chi connectivity index (χ0n) is 9.59. The van der Waals surface area contributed by atoms with Crippen LogP contribution < -0.4 is 0 Å². The summed E-state index contributed by atoms with van der Waals surface area (Å²) in [5.74, 6) is -0.224. The highest BCUT2D eigenvalue weighted by molar-refractivity contribution is 5.66. The summed E-state index contributed by atoms with van der Waals surface area (Å²) in [5, 5.41) is 0. The van der Waals surface area contributed by atoms with Gasteiger partial charge in [-0.2, -0.15) is 0 Å². The van der Waals surface area contributed by atoms with Crippen molar-refractivity contribution in [2.45, 2.75) is 40.5 Å². The first-order valence-electron chi connectivity index (χ1n) is 4.94. The minimum atomic E-state index is -0.224. The van der Waals surface area contributed by atoms with Gasteiger partial charge in [0.05, 0.1) is 0 Å². The van der Waals surface area contributed by atoms with E-state index in [4.69, 9.17) is 4.74 Å². The first-order chi connectivity index (χ1) is 6.52. The van der Waals surface area contributed by atoms with Gasteiger partial charge in [-0.3, -0.25) is 4.79 Å². The largest absolute Gasteiger partial charge is 0.462 e. The molecular weight excluding hydrogens is 176 g/mol. The number of allylic oxidation sites excluding steroid dienone is 3.